The number of H-pyrrole nitrogens is 1. The van der Waals surface area contributed by atoms with Crippen molar-refractivity contribution in [3.8, 4) is 0 Å². The first kappa shape index (κ1) is 15.2. The summed E-state index contributed by atoms with van der Waals surface area (Å²) in [6, 6.07) is 11.7. The molecule has 1 aliphatic carbocycles. The van der Waals surface area contributed by atoms with E-state index in [2.05, 4.69) is 10.3 Å². The van der Waals surface area contributed by atoms with E-state index in [0.717, 1.165) is 35.0 Å². The Hall–Kier alpha value is -2.33. The molecule has 4 rings (SSSR count). The quantitative estimate of drug-likeness (QED) is 0.718. The van der Waals surface area contributed by atoms with Crippen molar-refractivity contribution in [2.75, 3.05) is 0 Å². The number of halogens is 2. The molecule has 1 unspecified atom stereocenters. The molecular weight excluding hydrogens is 327 g/mol. The Labute approximate surface area is 143 Å². The third kappa shape index (κ3) is 2.78. The van der Waals surface area contributed by atoms with Gasteiger partial charge in [0.2, 0.25) is 0 Å². The fraction of sp³-hybridized carbons (Fsp3) is 0.211. The monoisotopic (exact) mass is 342 g/mol. The van der Waals surface area contributed by atoms with E-state index in [-0.39, 0.29) is 17.8 Å². The second-order valence-corrected chi connectivity index (χ2v) is 6.63. The second kappa shape index (κ2) is 5.95. The van der Waals surface area contributed by atoms with Crippen LogP contribution in [0.3, 0.4) is 0 Å². The van der Waals surface area contributed by atoms with Crippen LogP contribution in [0.2, 0.25) is 5.02 Å². The number of carbonyl (C=O) groups is 1. The molecule has 0 radical (unpaired) electrons. The van der Waals surface area contributed by atoms with Gasteiger partial charge in [-0.25, -0.2) is 4.39 Å². The first-order chi connectivity index (χ1) is 11.6. The normalized spacial score (nSPS) is 16.8. The highest BCUT2D eigenvalue weighted by Crippen LogP contribution is 2.29. The summed E-state index contributed by atoms with van der Waals surface area (Å²) < 4.78 is 13.6. The first-order valence-corrected chi connectivity index (χ1v) is 8.33. The summed E-state index contributed by atoms with van der Waals surface area (Å²) >= 11 is 5.94. The van der Waals surface area contributed by atoms with Crippen LogP contribution in [-0.4, -0.2) is 16.9 Å². The van der Waals surface area contributed by atoms with E-state index in [9.17, 15) is 9.18 Å². The van der Waals surface area contributed by atoms with Crippen molar-refractivity contribution in [1.29, 1.82) is 0 Å². The third-order valence-electron chi connectivity index (χ3n) is 4.57. The van der Waals surface area contributed by atoms with Gasteiger partial charge in [-0.15, -0.1) is 0 Å². The van der Waals surface area contributed by atoms with Crippen molar-refractivity contribution in [2.45, 2.75) is 25.3 Å². The summed E-state index contributed by atoms with van der Waals surface area (Å²) in [4.78, 5) is 15.8. The van der Waals surface area contributed by atoms with Gasteiger partial charge in [-0.05, 0) is 61.2 Å². The number of aryl methyl sites for hydroxylation is 1. The highest BCUT2D eigenvalue weighted by molar-refractivity contribution is 6.30. The Bertz CT molecular complexity index is 934. The molecule has 0 bridgehead atoms. The lowest BCUT2D eigenvalue weighted by molar-refractivity contribution is 0.0933. The molecule has 0 saturated heterocycles. The zero-order valence-electron chi connectivity index (χ0n) is 12.9. The lowest BCUT2D eigenvalue weighted by Gasteiger charge is -2.23. The van der Waals surface area contributed by atoms with Crippen LogP contribution in [0.5, 0.6) is 0 Å². The summed E-state index contributed by atoms with van der Waals surface area (Å²) in [6.45, 7) is 0. The number of aromatic nitrogens is 1. The number of rotatable bonds is 2. The highest BCUT2D eigenvalue weighted by Gasteiger charge is 2.24. The largest absolute Gasteiger partial charge is 0.358 e. The van der Waals surface area contributed by atoms with Crippen molar-refractivity contribution in [3.05, 3.63) is 70.1 Å². The number of nitrogens with one attached hydrogen (secondary N) is 2. The van der Waals surface area contributed by atoms with E-state index in [1.54, 1.807) is 36.4 Å². The minimum Gasteiger partial charge on any atom is -0.358 e. The standard InChI is InChI=1S/C19H16ClFN2O/c20-12-3-1-2-11(8-12)19(24)22-14-5-7-18-16(10-14)15-9-13(21)4-6-17(15)23-18/h1-4,6,8-9,14,23H,5,7,10H2,(H,22,24). The predicted molar refractivity (Wildman–Crippen MR) is 93.0 cm³/mol. The summed E-state index contributed by atoms with van der Waals surface area (Å²) in [5, 5.41) is 4.52. The highest BCUT2D eigenvalue weighted by atomic mass is 35.5. The SMILES string of the molecule is O=C(NC1CCc2[nH]c3ccc(F)cc3c2C1)c1cccc(Cl)c1. The number of benzene rings is 2. The van der Waals surface area contributed by atoms with Gasteiger partial charge in [0, 0.05) is 33.2 Å². The molecule has 2 N–H and O–H groups in total. The molecule has 1 heterocycles. The second-order valence-electron chi connectivity index (χ2n) is 6.20. The smallest absolute Gasteiger partial charge is 0.251 e. The van der Waals surface area contributed by atoms with Gasteiger partial charge < -0.3 is 10.3 Å². The van der Waals surface area contributed by atoms with Gasteiger partial charge in [0.25, 0.3) is 5.91 Å². The molecule has 1 amide bonds. The van der Waals surface area contributed by atoms with Crippen LogP contribution in [0.4, 0.5) is 4.39 Å². The Morgan fingerprint density at radius 1 is 1.25 bits per heavy atom. The molecule has 2 aromatic carbocycles. The lowest BCUT2D eigenvalue weighted by Crippen LogP contribution is -2.38. The predicted octanol–water partition coefficient (Wildman–Crippen LogP) is 4.25. The van der Waals surface area contributed by atoms with Crippen molar-refractivity contribution < 1.29 is 9.18 Å². The molecule has 1 atom stereocenters. The van der Waals surface area contributed by atoms with Gasteiger partial charge >= 0.3 is 0 Å². The summed E-state index contributed by atoms with van der Waals surface area (Å²) in [5.41, 5.74) is 3.75. The summed E-state index contributed by atoms with van der Waals surface area (Å²) in [6.07, 6.45) is 2.39. The van der Waals surface area contributed by atoms with Crippen molar-refractivity contribution in [2.24, 2.45) is 0 Å². The molecule has 1 aliphatic rings. The molecular formula is C19H16ClFN2O. The van der Waals surface area contributed by atoms with Crippen molar-refractivity contribution >= 4 is 28.4 Å². The number of amides is 1. The summed E-state index contributed by atoms with van der Waals surface area (Å²) in [7, 11) is 0. The zero-order chi connectivity index (χ0) is 16.7. The van der Waals surface area contributed by atoms with Crippen LogP contribution >= 0.6 is 11.6 Å². The van der Waals surface area contributed by atoms with Crippen molar-refractivity contribution in [1.82, 2.24) is 10.3 Å². The maximum atomic E-state index is 13.6. The maximum absolute atomic E-state index is 13.6. The lowest BCUT2D eigenvalue weighted by atomic mass is 9.91. The molecule has 5 heteroatoms. The molecule has 0 spiro atoms. The Morgan fingerprint density at radius 3 is 2.96 bits per heavy atom. The topological polar surface area (TPSA) is 44.9 Å². The average Bonchev–Trinajstić information content (AvgIpc) is 2.92. The van der Waals surface area contributed by atoms with E-state index in [1.165, 1.54) is 6.07 Å². The van der Waals surface area contributed by atoms with E-state index < -0.39 is 0 Å². The minimum absolute atomic E-state index is 0.0336. The van der Waals surface area contributed by atoms with Crippen molar-refractivity contribution in [3.63, 3.8) is 0 Å². The van der Waals surface area contributed by atoms with Crippen LogP contribution < -0.4 is 5.32 Å². The van der Waals surface area contributed by atoms with E-state index in [0.29, 0.717) is 17.0 Å². The number of carbonyl (C=O) groups excluding carboxylic acids is 1. The molecule has 0 saturated carbocycles. The Morgan fingerprint density at radius 2 is 2.12 bits per heavy atom. The van der Waals surface area contributed by atoms with E-state index >= 15 is 0 Å². The molecule has 0 aliphatic heterocycles. The van der Waals surface area contributed by atoms with Crippen LogP contribution in [0.1, 0.15) is 28.0 Å². The van der Waals surface area contributed by atoms with Gasteiger partial charge in [0.1, 0.15) is 5.82 Å². The van der Waals surface area contributed by atoms with Gasteiger partial charge in [-0.3, -0.25) is 4.79 Å². The molecule has 24 heavy (non-hydrogen) atoms. The number of fused-ring (bicyclic) bond motifs is 3. The molecule has 3 nitrogen and oxygen atoms in total. The van der Waals surface area contributed by atoms with E-state index in [1.807, 2.05) is 0 Å². The maximum Gasteiger partial charge on any atom is 0.251 e. The third-order valence-corrected chi connectivity index (χ3v) is 4.81. The molecule has 1 aromatic heterocycles. The molecule has 122 valence electrons. The fourth-order valence-electron chi connectivity index (χ4n) is 3.41. The van der Waals surface area contributed by atoms with Crippen LogP contribution in [-0.2, 0) is 12.8 Å². The van der Waals surface area contributed by atoms with Crippen LogP contribution in [0.15, 0.2) is 42.5 Å². The van der Waals surface area contributed by atoms with Crippen LogP contribution in [0, 0.1) is 5.82 Å². The molecule has 0 fully saturated rings. The first-order valence-electron chi connectivity index (χ1n) is 7.95. The van der Waals surface area contributed by atoms with Gasteiger partial charge in [0.15, 0.2) is 0 Å². The fourth-order valence-corrected chi connectivity index (χ4v) is 3.60. The molecule has 3 aromatic rings. The van der Waals surface area contributed by atoms with Crippen LogP contribution in [0.25, 0.3) is 10.9 Å². The summed E-state index contributed by atoms with van der Waals surface area (Å²) in [5.74, 6) is -0.369. The van der Waals surface area contributed by atoms with E-state index in [4.69, 9.17) is 11.6 Å². The van der Waals surface area contributed by atoms with Gasteiger partial charge in [-0.2, -0.15) is 0 Å². The number of aromatic amines is 1. The minimum atomic E-state index is -0.241. The number of hydrogen-bond donors (Lipinski definition) is 2. The number of hydrogen-bond acceptors (Lipinski definition) is 1. The zero-order valence-corrected chi connectivity index (χ0v) is 13.7. The average molecular weight is 343 g/mol. The van der Waals surface area contributed by atoms with Gasteiger partial charge in [-0.1, -0.05) is 17.7 Å². The van der Waals surface area contributed by atoms with Gasteiger partial charge in [0.05, 0.1) is 0 Å². The Kier molecular flexibility index (Phi) is 3.77. The Balaban J connectivity index is 1.57.